The van der Waals surface area contributed by atoms with E-state index in [-0.39, 0.29) is 16.5 Å². The van der Waals surface area contributed by atoms with Crippen LogP contribution in [-0.2, 0) is 14.8 Å². The molecule has 0 aliphatic carbocycles. The minimum Gasteiger partial charge on any atom is -0.383 e. The van der Waals surface area contributed by atoms with Gasteiger partial charge >= 0.3 is 0 Å². The number of methoxy groups -OCH3 is 1. The molecule has 0 saturated carbocycles. The summed E-state index contributed by atoms with van der Waals surface area (Å²) in [6.07, 6.45) is 0. The van der Waals surface area contributed by atoms with Gasteiger partial charge in [-0.25, -0.2) is 13.1 Å². The van der Waals surface area contributed by atoms with Crippen LogP contribution >= 0.6 is 27.5 Å². The molecule has 0 amide bonds. The van der Waals surface area contributed by atoms with Crippen molar-refractivity contribution >= 4 is 37.6 Å². The molecule has 4 nitrogen and oxygen atoms in total. The van der Waals surface area contributed by atoms with Crippen LogP contribution in [0.5, 0.6) is 0 Å². The average molecular weight is 329 g/mol. The summed E-state index contributed by atoms with van der Waals surface area (Å²) < 4.78 is 31.4. The largest absolute Gasteiger partial charge is 0.383 e. The highest BCUT2D eigenvalue weighted by Crippen LogP contribution is 2.24. The third-order valence-electron chi connectivity index (χ3n) is 1.78. The van der Waals surface area contributed by atoms with Crippen molar-refractivity contribution in [3.05, 3.63) is 27.7 Å². The zero-order chi connectivity index (χ0) is 12.2. The van der Waals surface area contributed by atoms with Crippen molar-refractivity contribution in [2.24, 2.45) is 0 Å². The zero-order valence-electron chi connectivity index (χ0n) is 8.54. The van der Waals surface area contributed by atoms with Gasteiger partial charge in [-0.15, -0.1) is 0 Å². The molecular formula is C9H11BrClNO3S. The Balaban J connectivity index is 2.93. The van der Waals surface area contributed by atoms with Crippen LogP contribution in [0.15, 0.2) is 27.6 Å². The van der Waals surface area contributed by atoms with E-state index in [2.05, 4.69) is 20.7 Å². The molecule has 0 atom stereocenters. The summed E-state index contributed by atoms with van der Waals surface area (Å²) >= 11 is 9.02. The van der Waals surface area contributed by atoms with Gasteiger partial charge < -0.3 is 4.74 Å². The molecular weight excluding hydrogens is 318 g/mol. The lowest BCUT2D eigenvalue weighted by Gasteiger charge is -2.08. The van der Waals surface area contributed by atoms with E-state index in [4.69, 9.17) is 16.3 Å². The van der Waals surface area contributed by atoms with Gasteiger partial charge in [0.05, 0.1) is 11.6 Å². The molecule has 7 heteroatoms. The maximum absolute atomic E-state index is 11.8. The third-order valence-corrected chi connectivity index (χ3v) is 4.22. The summed E-state index contributed by atoms with van der Waals surface area (Å²) in [5, 5.41) is 0.188. The van der Waals surface area contributed by atoms with Gasteiger partial charge in [-0.3, -0.25) is 0 Å². The highest BCUT2D eigenvalue weighted by Gasteiger charge is 2.17. The second kappa shape index (κ2) is 5.97. The average Bonchev–Trinajstić information content (AvgIpc) is 2.22. The van der Waals surface area contributed by atoms with Crippen LogP contribution in [-0.4, -0.2) is 28.7 Å². The second-order valence-electron chi connectivity index (χ2n) is 2.97. The van der Waals surface area contributed by atoms with E-state index in [0.717, 1.165) is 0 Å². The molecule has 0 aliphatic rings. The van der Waals surface area contributed by atoms with Crippen molar-refractivity contribution in [1.82, 2.24) is 4.72 Å². The summed E-state index contributed by atoms with van der Waals surface area (Å²) in [6.45, 7) is 0.520. The first-order valence-electron chi connectivity index (χ1n) is 4.41. The Morgan fingerprint density at radius 3 is 2.81 bits per heavy atom. The van der Waals surface area contributed by atoms with E-state index in [1.807, 2.05) is 0 Å². The van der Waals surface area contributed by atoms with Crippen molar-refractivity contribution in [1.29, 1.82) is 0 Å². The normalized spacial score (nSPS) is 11.7. The molecule has 90 valence electrons. The van der Waals surface area contributed by atoms with Gasteiger partial charge in [-0.1, -0.05) is 27.5 Å². The Morgan fingerprint density at radius 1 is 1.50 bits per heavy atom. The SMILES string of the molecule is COCCNS(=O)(=O)c1cc(Br)ccc1Cl. The fourth-order valence-corrected chi connectivity index (χ4v) is 3.09. The van der Waals surface area contributed by atoms with E-state index in [0.29, 0.717) is 11.1 Å². The lowest BCUT2D eigenvalue weighted by molar-refractivity contribution is 0.204. The van der Waals surface area contributed by atoms with Gasteiger partial charge in [-0.05, 0) is 18.2 Å². The molecule has 1 aromatic rings. The standard InChI is InChI=1S/C9H11BrClNO3S/c1-15-5-4-12-16(13,14)9-6-7(10)2-3-8(9)11/h2-3,6,12H,4-5H2,1H3. The third kappa shape index (κ3) is 3.71. The number of halogens is 2. The number of hydrogen-bond donors (Lipinski definition) is 1. The van der Waals surface area contributed by atoms with Gasteiger partial charge in [0.1, 0.15) is 4.90 Å². The molecule has 0 saturated heterocycles. The first kappa shape index (κ1) is 13.9. The van der Waals surface area contributed by atoms with Crippen LogP contribution in [0.25, 0.3) is 0 Å². The highest BCUT2D eigenvalue weighted by atomic mass is 79.9. The monoisotopic (exact) mass is 327 g/mol. The Kier molecular flexibility index (Phi) is 5.20. The van der Waals surface area contributed by atoms with E-state index >= 15 is 0 Å². The van der Waals surface area contributed by atoms with Gasteiger partial charge in [0.15, 0.2) is 0 Å². The molecule has 0 aromatic heterocycles. The molecule has 0 unspecified atom stereocenters. The summed E-state index contributed by atoms with van der Waals surface area (Å²) in [5.74, 6) is 0. The molecule has 1 N–H and O–H groups in total. The van der Waals surface area contributed by atoms with Crippen molar-refractivity contribution in [3.63, 3.8) is 0 Å². The van der Waals surface area contributed by atoms with E-state index in [1.54, 1.807) is 6.07 Å². The van der Waals surface area contributed by atoms with Gasteiger partial charge in [-0.2, -0.15) is 0 Å². The molecule has 16 heavy (non-hydrogen) atoms. The first-order chi connectivity index (χ1) is 7.47. The second-order valence-corrected chi connectivity index (χ2v) is 6.02. The Bertz CT molecular complexity index is 464. The summed E-state index contributed by atoms with van der Waals surface area (Å²) in [5.41, 5.74) is 0. The Hall–Kier alpha value is -0.140. The molecule has 0 fully saturated rings. The number of rotatable bonds is 5. The van der Waals surface area contributed by atoms with Crippen molar-refractivity contribution < 1.29 is 13.2 Å². The molecule has 0 heterocycles. The fraction of sp³-hybridized carbons (Fsp3) is 0.333. The smallest absolute Gasteiger partial charge is 0.242 e. The predicted octanol–water partition coefficient (Wildman–Crippen LogP) is 2.03. The highest BCUT2D eigenvalue weighted by molar-refractivity contribution is 9.10. The van der Waals surface area contributed by atoms with Crippen LogP contribution in [0.3, 0.4) is 0 Å². The molecule has 0 bridgehead atoms. The number of sulfonamides is 1. The first-order valence-corrected chi connectivity index (χ1v) is 7.06. The van der Waals surface area contributed by atoms with Gasteiger partial charge in [0, 0.05) is 18.1 Å². The van der Waals surface area contributed by atoms with E-state index in [9.17, 15) is 8.42 Å². The quantitative estimate of drug-likeness (QED) is 0.842. The minimum absolute atomic E-state index is 0.0552. The molecule has 1 aromatic carbocycles. The molecule has 0 aliphatic heterocycles. The Morgan fingerprint density at radius 2 is 2.19 bits per heavy atom. The van der Waals surface area contributed by atoms with Gasteiger partial charge in [0.2, 0.25) is 10.0 Å². The van der Waals surface area contributed by atoms with Gasteiger partial charge in [0.25, 0.3) is 0 Å². The van der Waals surface area contributed by atoms with Crippen LogP contribution in [0.2, 0.25) is 5.02 Å². The van der Waals surface area contributed by atoms with Crippen LogP contribution in [0.1, 0.15) is 0 Å². The van der Waals surface area contributed by atoms with E-state index in [1.165, 1.54) is 19.2 Å². The lowest BCUT2D eigenvalue weighted by atomic mass is 10.4. The summed E-state index contributed by atoms with van der Waals surface area (Å²) in [4.78, 5) is 0.0552. The van der Waals surface area contributed by atoms with Crippen LogP contribution in [0, 0.1) is 0 Å². The van der Waals surface area contributed by atoms with Crippen LogP contribution < -0.4 is 4.72 Å². The maximum Gasteiger partial charge on any atom is 0.242 e. The topological polar surface area (TPSA) is 55.4 Å². The van der Waals surface area contributed by atoms with Crippen molar-refractivity contribution in [2.75, 3.05) is 20.3 Å². The van der Waals surface area contributed by atoms with Crippen molar-refractivity contribution in [2.45, 2.75) is 4.90 Å². The number of ether oxygens (including phenoxy) is 1. The molecule has 0 spiro atoms. The van der Waals surface area contributed by atoms with Crippen molar-refractivity contribution in [3.8, 4) is 0 Å². The van der Waals surface area contributed by atoms with Crippen LogP contribution in [0.4, 0.5) is 0 Å². The molecule has 0 radical (unpaired) electrons. The molecule has 1 rings (SSSR count). The lowest BCUT2D eigenvalue weighted by Crippen LogP contribution is -2.27. The predicted molar refractivity (Wildman–Crippen MR) is 66.2 cm³/mol. The zero-order valence-corrected chi connectivity index (χ0v) is 11.7. The number of hydrogen-bond acceptors (Lipinski definition) is 3. The summed E-state index contributed by atoms with van der Waals surface area (Å²) in [6, 6.07) is 4.66. The number of nitrogens with one attached hydrogen (secondary N) is 1. The minimum atomic E-state index is -3.58. The van der Waals surface area contributed by atoms with E-state index < -0.39 is 10.0 Å². The Labute approximate surface area is 108 Å². The fourth-order valence-electron chi connectivity index (χ4n) is 1.04. The summed E-state index contributed by atoms with van der Waals surface area (Å²) in [7, 11) is -2.08. The maximum atomic E-state index is 11.8. The number of benzene rings is 1.